The highest BCUT2D eigenvalue weighted by Gasteiger charge is 2.37. The minimum atomic E-state index is -0.0455. The predicted octanol–water partition coefficient (Wildman–Crippen LogP) is 3.02. The zero-order chi connectivity index (χ0) is 21.5. The van der Waals surface area contributed by atoms with Crippen LogP contribution in [0.25, 0.3) is 0 Å². The number of piperidine rings is 1. The molecule has 0 unspecified atom stereocenters. The molecule has 2 aliphatic heterocycles. The van der Waals surface area contributed by atoms with Gasteiger partial charge in [-0.3, -0.25) is 14.6 Å². The first-order chi connectivity index (χ1) is 15.2. The summed E-state index contributed by atoms with van der Waals surface area (Å²) in [6.07, 6.45) is 3.24. The summed E-state index contributed by atoms with van der Waals surface area (Å²) in [5.74, 6) is 0.167. The third kappa shape index (κ3) is 6.16. The van der Waals surface area contributed by atoms with Gasteiger partial charge in [0.2, 0.25) is 5.91 Å². The van der Waals surface area contributed by atoms with Gasteiger partial charge in [-0.25, -0.2) is 0 Å². The Bertz CT molecular complexity index is 805. The van der Waals surface area contributed by atoms with Crippen molar-refractivity contribution in [3.63, 3.8) is 0 Å². The summed E-state index contributed by atoms with van der Waals surface area (Å²) < 4.78 is 0. The normalized spacial score (nSPS) is 23.1. The number of rotatable bonds is 8. The lowest BCUT2D eigenvalue weighted by atomic mass is 10.0. The molecule has 5 nitrogen and oxygen atoms in total. The van der Waals surface area contributed by atoms with Crippen LogP contribution in [0.3, 0.4) is 0 Å². The number of likely N-dealkylation sites (N-methyl/N-ethyl adjacent to an activating group) is 1. The number of likely N-dealkylation sites (tertiary alicyclic amines) is 2. The van der Waals surface area contributed by atoms with Crippen molar-refractivity contribution < 1.29 is 4.79 Å². The molecule has 0 aliphatic carbocycles. The van der Waals surface area contributed by atoms with E-state index in [-0.39, 0.29) is 11.9 Å². The molecule has 2 atom stereocenters. The van der Waals surface area contributed by atoms with Crippen molar-refractivity contribution in [1.29, 1.82) is 0 Å². The Morgan fingerprint density at radius 3 is 2.13 bits per heavy atom. The van der Waals surface area contributed by atoms with Crippen LogP contribution in [0, 0.1) is 0 Å². The van der Waals surface area contributed by atoms with Crippen LogP contribution < -0.4 is 10.6 Å². The number of carbonyl (C=O) groups is 1. The molecule has 0 saturated carbocycles. The van der Waals surface area contributed by atoms with Gasteiger partial charge in [-0.1, -0.05) is 60.7 Å². The van der Waals surface area contributed by atoms with Crippen LogP contribution in [-0.2, 0) is 17.9 Å². The highest BCUT2D eigenvalue weighted by molar-refractivity contribution is 5.82. The lowest BCUT2D eigenvalue weighted by Gasteiger charge is -2.34. The number of carbonyl (C=O) groups excluding carboxylic acids is 1. The van der Waals surface area contributed by atoms with E-state index < -0.39 is 0 Å². The van der Waals surface area contributed by atoms with Crippen LogP contribution in [0.4, 0.5) is 0 Å². The van der Waals surface area contributed by atoms with Gasteiger partial charge in [-0.2, -0.15) is 0 Å². The van der Waals surface area contributed by atoms with Crippen LogP contribution in [0.2, 0.25) is 0 Å². The number of amides is 1. The molecule has 166 valence electrons. The fourth-order valence-corrected chi connectivity index (χ4v) is 5.01. The Balaban J connectivity index is 1.29. The molecule has 0 radical (unpaired) electrons. The lowest BCUT2D eigenvalue weighted by molar-refractivity contribution is -0.125. The van der Waals surface area contributed by atoms with Gasteiger partial charge in [-0.15, -0.1) is 0 Å². The van der Waals surface area contributed by atoms with Crippen LogP contribution in [0.15, 0.2) is 60.7 Å². The molecule has 4 rings (SSSR count). The van der Waals surface area contributed by atoms with E-state index in [4.69, 9.17) is 0 Å². The van der Waals surface area contributed by atoms with Crippen LogP contribution in [-0.4, -0.2) is 60.0 Å². The first-order valence-electron chi connectivity index (χ1n) is 11.8. The zero-order valence-corrected chi connectivity index (χ0v) is 18.7. The largest absolute Gasteiger partial charge is 0.355 e. The average molecular weight is 421 g/mol. The highest BCUT2D eigenvalue weighted by atomic mass is 16.2. The van der Waals surface area contributed by atoms with E-state index in [1.165, 1.54) is 24.0 Å². The van der Waals surface area contributed by atoms with Crippen LogP contribution in [0.1, 0.15) is 37.3 Å². The minimum absolute atomic E-state index is 0.0455. The van der Waals surface area contributed by atoms with Gasteiger partial charge >= 0.3 is 0 Å². The number of nitrogens with zero attached hydrogens (tertiary/aromatic N) is 2. The van der Waals surface area contributed by atoms with Gasteiger partial charge in [0, 0.05) is 38.3 Å². The van der Waals surface area contributed by atoms with Crippen molar-refractivity contribution in [2.24, 2.45) is 0 Å². The monoisotopic (exact) mass is 420 g/mol. The first-order valence-corrected chi connectivity index (χ1v) is 11.8. The predicted molar refractivity (Wildman–Crippen MR) is 126 cm³/mol. The maximum atomic E-state index is 12.7. The van der Waals surface area contributed by atoms with E-state index in [0.29, 0.717) is 18.6 Å². The second-order valence-electron chi connectivity index (χ2n) is 8.96. The minimum Gasteiger partial charge on any atom is -0.355 e. The van der Waals surface area contributed by atoms with Crippen molar-refractivity contribution in [3.05, 3.63) is 71.8 Å². The molecule has 2 fully saturated rings. The molecular formula is C26H36N4O. The molecule has 1 amide bonds. The fraction of sp³-hybridized carbons (Fsp3) is 0.500. The second-order valence-corrected chi connectivity index (χ2v) is 8.96. The molecule has 0 spiro atoms. The number of nitrogens with one attached hydrogen (secondary N) is 2. The summed E-state index contributed by atoms with van der Waals surface area (Å²) in [5.41, 5.74) is 2.66. The van der Waals surface area contributed by atoms with Gasteiger partial charge in [0.25, 0.3) is 0 Å². The number of hydrogen-bond acceptors (Lipinski definition) is 4. The van der Waals surface area contributed by atoms with Gasteiger partial charge in [0.05, 0.1) is 6.04 Å². The molecule has 2 aromatic rings. The van der Waals surface area contributed by atoms with Crippen LogP contribution >= 0.6 is 0 Å². The summed E-state index contributed by atoms with van der Waals surface area (Å²) in [5, 5.41) is 6.94. The van der Waals surface area contributed by atoms with Crippen molar-refractivity contribution in [3.8, 4) is 0 Å². The Hall–Kier alpha value is -2.21. The van der Waals surface area contributed by atoms with Crippen molar-refractivity contribution in [1.82, 2.24) is 20.4 Å². The van der Waals surface area contributed by atoms with E-state index in [9.17, 15) is 4.79 Å². The maximum absolute atomic E-state index is 12.7. The molecule has 2 saturated heterocycles. The number of benzene rings is 2. The smallest absolute Gasteiger partial charge is 0.237 e. The highest BCUT2D eigenvalue weighted by Crippen LogP contribution is 2.23. The van der Waals surface area contributed by atoms with Crippen molar-refractivity contribution in [2.45, 2.75) is 57.4 Å². The SMILES string of the molecule is CCNC(=O)[C@@H]1C[C@@H](NC2CCN(Cc3ccccc3)CC2)CN1Cc1ccccc1. The van der Waals surface area contributed by atoms with Gasteiger partial charge in [0.1, 0.15) is 0 Å². The summed E-state index contributed by atoms with van der Waals surface area (Å²) in [6.45, 7) is 7.75. The third-order valence-electron chi connectivity index (χ3n) is 6.59. The average Bonchev–Trinajstić information content (AvgIpc) is 3.19. The molecule has 31 heavy (non-hydrogen) atoms. The third-order valence-corrected chi connectivity index (χ3v) is 6.59. The fourth-order valence-electron chi connectivity index (χ4n) is 5.01. The maximum Gasteiger partial charge on any atom is 0.237 e. The lowest BCUT2D eigenvalue weighted by Crippen LogP contribution is -2.46. The van der Waals surface area contributed by atoms with Gasteiger partial charge < -0.3 is 10.6 Å². The summed E-state index contributed by atoms with van der Waals surface area (Å²) >= 11 is 0. The second kappa shape index (κ2) is 10.9. The first kappa shape index (κ1) is 22.0. The molecule has 2 N–H and O–H groups in total. The molecule has 5 heteroatoms. The van der Waals surface area contributed by atoms with E-state index in [1.54, 1.807) is 0 Å². The van der Waals surface area contributed by atoms with Gasteiger partial charge in [0.15, 0.2) is 0 Å². The Labute approximate surface area is 186 Å². The summed E-state index contributed by atoms with van der Waals surface area (Å²) in [6, 6.07) is 22.1. The summed E-state index contributed by atoms with van der Waals surface area (Å²) in [4.78, 5) is 17.6. The summed E-state index contributed by atoms with van der Waals surface area (Å²) in [7, 11) is 0. The van der Waals surface area contributed by atoms with E-state index in [1.807, 2.05) is 13.0 Å². The molecule has 2 aliphatic rings. The van der Waals surface area contributed by atoms with E-state index in [0.717, 1.165) is 39.1 Å². The zero-order valence-electron chi connectivity index (χ0n) is 18.7. The Morgan fingerprint density at radius 2 is 1.52 bits per heavy atom. The Kier molecular flexibility index (Phi) is 7.73. The van der Waals surface area contributed by atoms with E-state index in [2.05, 4.69) is 75.0 Å². The molecular weight excluding hydrogens is 384 g/mol. The topological polar surface area (TPSA) is 47.6 Å². The molecule has 2 heterocycles. The molecule has 2 aromatic carbocycles. The quantitative estimate of drug-likeness (QED) is 0.689. The standard InChI is InChI=1S/C26H36N4O/c1-2-27-26(31)25-17-24(20-30(25)19-22-11-7-4-8-12-22)28-23-13-15-29(16-14-23)18-21-9-5-3-6-10-21/h3-12,23-25,28H,2,13-20H2,1H3,(H,27,31)/t24-,25+/m1/s1. The number of hydrogen-bond donors (Lipinski definition) is 2. The van der Waals surface area contributed by atoms with Gasteiger partial charge in [-0.05, 0) is 50.4 Å². The molecule has 0 bridgehead atoms. The van der Waals surface area contributed by atoms with Crippen molar-refractivity contribution >= 4 is 5.91 Å². The Morgan fingerprint density at radius 1 is 0.903 bits per heavy atom. The van der Waals surface area contributed by atoms with E-state index >= 15 is 0 Å². The van der Waals surface area contributed by atoms with Crippen LogP contribution in [0.5, 0.6) is 0 Å². The molecule has 0 aromatic heterocycles. The van der Waals surface area contributed by atoms with Crippen molar-refractivity contribution in [2.75, 3.05) is 26.2 Å².